The van der Waals surface area contributed by atoms with E-state index < -0.39 is 10.1 Å². The standard InChI is InChI=1S/C21H16O7S/c1-13-3-4-15(26-13)11-20-21(22)18-10-7-16(12-19(18)27-20)28-29(23,24)17-8-5-14(25-2)6-9-17/h3-12H,1-2H3/b20-11-. The quantitative estimate of drug-likeness (QED) is 0.462. The maximum atomic E-state index is 12.5. The van der Waals surface area contributed by atoms with E-state index in [9.17, 15) is 13.2 Å². The van der Waals surface area contributed by atoms with Gasteiger partial charge in [-0.2, -0.15) is 8.42 Å². The SMILES string of the molecule is COc1ccc(S(=O)(=O)Oc2ccc3c(c2)O/C(=C\c2ccc(C)o2)C3=O)cc1. The predicted octanol–water partition coefficient (Wildman–Crippen LogP) is 3.98. The van der Waals surface area contributed by atoms with Gasteiger partial charge < -0.3 is 18.1 Å². The molecule has 0 saturated carbocycles. The molecule has 0 aliphatic carbocycles. The van der Waals surface area contributed by atoms with E-state index in [-0.39, 0.29) is 27.9 Å². The van der Waals surface area contributed by atoms with Crippen LogP contribution in [0.25, 0.3) is 6.08 Å². The number of rotatable bonds is 5. The fraction of sp³-hybridized carbons (Fsp3) is 0.0952. The van der Waals surface area contributed by atoms with Crippen LogP contribution in [0.2, 0.25) is 0 Å². The number of ether oxygens (including phenoxy) is 2. The molecule has 0 atom stereocenters. The van der Waals surface area contributed by atoms with Gasteiger partial charge >= 0.3 is 10.1 Å². The molecule has 148 valence electrons. The van der Waals surface area contributed by atoms with E-state index >= 15 is 0 Å². The fourth-order valence-electron chi connectivity index (χ4n) is 2.80. The Balaban J connectivity index is 1.57. The lowest BCUT2D eigenvalue weighted by Gasteiger charge is -2.08. The molecule has 29 heavy (non-hydrogen) atoms. The summed E-state index contributed by atoms with van der Waals surface area (Å²) in [6.45, 7) is 1.79. The lowest BCUT2D eigenvalue weighted by atomic mass is 10.1. The maximum Gasteiger partial charge on any atom is 0.339 e. The van der Waals surface area contributed by atoms with Gasteiger partial charge in [-0.05, 0) is 55.5 Å². The topological polar surface area (TPSA) is 92.0 Å². The van der Waals surface area contributed by atoms with Crippen LogP contribution in [0, 0.1) is 6.92 Å². The van der Waals surface area contributed by atoms with Crippen molar-refractivity contribution in [1.29, 1.82) is 0 Å². The van der Waals surface area contributed by atoms with Crippen LogP contribution in [0.3, 0.4) is 0 Å². The van der Waals surface area contributed by atoms with Crippen LogP contribution in [0.4, 0.5) is 0 Å². The fourth-order valence-corrected chi connectivity index (χ4v) is 3.72. The second-order valence-corrected chi connectivity index (χ2v) is 7.81. The van der Waals surface area contributed by atoms with Crippen LogP contribution >= 0.6 is 0 Å². The molecule has 0 fully saturated rings. The molecular weight excluding hydrogens is 396 g/mol. The number of ketones is 1. The van der Waals surface area contributed by atoms with E-state index in [1.54, 1.807) is 19.1 Å². The van der Waals surface area contributed by atoms with E-state index in [1.807, 2.05) is 0 Å². The first kappa shape index (κ1) is 18.8. The summed E-state index contributed by atoms with van der Waals surface area (Å²) in [7, 11) is -2.57. The second kappa shape index (κ2) is 7.14. The smallest absolute Gasteiger partial charge is 0.339 e. The molecule has 0 amide bonds. The van der Waals surface area contributed by atoms with Crippen molar-refractivity contribution in [3.8, 4) is 17.2 Å². The van der Waals surface area contributed by atoms with Crippen molar-refractivity contribution in [2.24, 2.45) is 0 Å². The number of carbonyl (C=O) groups excluding carboxylic acids is 1. The molecule has 0 N–H and O–H groups in total. The van der Waals surface area contributed by atoms with Crippen molar-refractivity contribution in [3.05, 3.63) is 77.4 Å². The van der Waals surface area contributed by atoms with E-state index in [0.717, 1.165) is 0 Å². The number of furan rings is 1. The number of carbonyl (C=O) groups is 1. The lowest BCUT2D eigenvalue weighted by Crippen LogP contribution is -2.09. The number of hydrogen-bond acceptors (Lipinski definition) is 7. The summed E-state index contributed by atoms with van der Waals surface area (Å²) < 4.78 is 46.2. The van der Waals surface area contributed by atoms with Crippen LogP contribution in [0.1, 0.15) is 21.9 Å². The minimum atomic E-state index is -4.05. The molecule has 1 aliphatic rings. The van der Waals surface area contributed by atoms with E-state index in [4.69, 9.17) is 18.1 Å². The normalized spacial score (nSPS) is 14.6. The number of aryl methyl sites for hydroxylation is 1. The molecule has 0 saturated heterocycles. The molecule has 1 aliphatic heterocycles. The number of Topliss-reactive ketones (excluding diaryl/α,β-unsaturated/α-hetero) is 1. The van der Waals surface area contributed by atoms with Crippen molar-refractivity contribution in [1.82, 2.24) is 0 Å². The zero-order chi connectivity index (χ0) is 20.6. The zero-order valence-corrected chi connectivity index (χ0v) is 16.4. The summed E-state index contributed by atoms with van der Waals surface area (Å²) in [4.78, 5) is 12.5. The molecule has 0 unspecified atom stereocenters. The van der Waals surface area contributed by atoms with Gasteiger partial charge in [0.25, 0.3) is 0 Å². The van der Waals surface area contributed by atoms with Crippen molar-refractivity contribution in [2.75, 3.05) is 7.11 Å². The Morgan fingerprint density at radius 1 is 0.966 bits per heavy atom. The first-order chi connectivity index (χ1) is 13.9. The van der Waals surface area contributed by atoms with Crippen LogP contribution in [-0.2, 0) is 10.1 Å². The summed E-state index contributed by atoms with van der Waals surface area (Å²) in [5.41, 5.74) is 0.314. The maximum absolute atomic E-state index is 12.5. The third-order valence-corrected chi connectivity index (χ3v) is 5.49. The minimum Gasteiger partial charge on any atom is -0.497 e. The third kappa shape index (κ3) is 3.74. The molecular formula is C21H16O7S. The van der Waals surface area contributed by atoms with E-state index in [2.05, 4.69) is 0 Å². The molecule has 7 nitrogen and oxygen atoms in total. The van der Waals surface area contributed by atoms with Gasteiger partial charge in [0.05, 0.1) is 12.7 Å². The summed E-state index contributed by atoms with van der Waals surface area (Å²) >= 11 is 0. The molecule has 4 rings (SSSR count). The summed E-state index contributed by atoms with van der Waals surface area (Å²) in [5.74, 6) is 1.73. The average Bonchev–Trinajstić information content (AvgIpc) is 3.24. The largest absolute Gasteiger partial charge is 0.497 e. The van der Waals surface area contributed by atoms with E-state index in [1.165, 1.54) is 55.7 Å². The van der Waals surface area contributed by atoms with Crippen LogP contribution in [0.5, 0.6) is 17.2 Å². The van der Waals surface area contributed by atoms with Gasteiger partial charge in [-0.25, -0.2) is 0 Å². The van der Waals surface area contributed by atoms with Crippen LogP contribution < -0.4 is 13.7 Å². The Kier molecular flexibility index (Phi) is 4.63. The monoisotopic (exact) mass is 412 g/mol. The molecule has 3 aromatic rings. The molecule has 8 heteroatoms. The van der Waals surface area contributed by atoms with Crippen molar-refractivity contribution >= 4 is 22.0 Å². The average molecular weight is 412 g/mol. The Hall–Kier alpha value is -3.52. The summed E-state index contributed by atoms with van der Waals surface area (Å²) in [6.07, 6.45) is 1.49. The van der Waals surface area contributed by atoms with Crippen LogP contribution in [-0.4, -0.2) is 21.3 Å². The Morgan fingerprint density at radius 3 is 2.34 bits per heavy atom. The van der Waals surface area contributed by atoms with Gasteiger partial charge in [-0.3, -0.25) is 4.79 Å². The number of fused-ring (bicyclic) bond motifs is 1. The third-order valence-electron chi connectivity index (χ3n) is 4.23. The molecule has 1 aromatic heterocycles. The Bertz CT molecular complexity index is 1220. The molecule has 2 aromatic carbocycles. The first-order valence-corrected chi connectivity index (χ1v) is 10.00. The molecule has 0 spiro atoms. The molecule has 2 heterocycles. The van der Waals surface area contributed by atoms with E-state index in [0.29, 0.717) is 22.8 Å². The highest BCUT2D eigenvalue weighted by molar-refractivity contribution is 7.87. The highest BCUT2D eigenvalue weighted by Crippen LogP contribution is 2.35. The van der Waals surface area contributed by atoms with Gasteiger partial charge in [0.1, 0.15) is 33.7 Å². The van der Waals surface area contributed by atoms with Crippen LogP contribution in [0.15, 0.2) is 69.7 Å². The van der Waals surface area contributed by atoms with Gasteiger partial charge in [0.15, 0.2) is 5.76 Å². The molecule has 0 radical (unpaired) electrons. The van der Waals surface area contributed by atoms with Crippen molar-refractivity contribution in [3.63, 3.8) is 0 Å². The second-order valence-electron chi connectivity index (χ2n) is 6.26. The van der Waals surface area contributed by atoms with Crippen molar-refractivity contribution in [2.45, 2.75) is 11.8 Å². The lowest BCUT2D eigenvalue weighted by molar-refractivity contribution is 0.101. The Morgan fingerprint density at radius 2 is 1.69 bits per heavy atom. The summed E-state index contributed by atoms with van der Waals surface area (Å²) in [6, 6.07) is 13.5. The molecule has 0 bridgehead atoms. The van der Waals surface area contributed by atoms with Gasteiger partial charge in [-0.1, -0.05) is 0 Å². The van der Waals surface area contributed by atoms with Crippen molar-refractivity contribution < 1.29 is 31.3 Å². The van der Waals surface area contributed by atoms with Gasteiger partial charge in [-0.15, -0.1) is 0 Å². The number of methoxy groups -OCH3 is 1. The minimum absolute atomic E-state index is 0.0235. The first-order valence-electron chi connectivity index (χ1n) is 8.59. The number of hydrogen-bond donors (Lipinski definition) is 0. The highest BCUT2D eigenvalue weighted by atomic mass is 32.2. The number of allylic oxidation sites excluding steroid dienone is 1. The highest BCUT2D eigenvalue weighted by Gasteiger charge is 2.29. The van der Waals surface area contributed by atoms with Gasteiger partial charge in [0.2, 0.25) is 5.78 Å². The Labute approximate surface area is 167 Å². The zero-order valence-electron chi connectivity index (χ0n) is 15.5. The number of benzene rings is 2. The van der Waals surface area contributed by atoms with Gasteiger partial charge in [0, 0.05) is 12.1 Å². The summed E-state index contributed by atoms with van der Waals surface area (Å²) in [5, 5.41) is 0. The predicted molar refractivity (Wildman–Crippen MR) is 104 cm³/mol.